The highest BCUT2D eigenvalue weighted by atomic mass is 32.1. The predicted molar refractivity (Wildman–Crippen MR) is 96.7 cm³/mol. The molecule has 11 heteroatoms. The SMILES string of the molecule is O=C(CN1CCN(C(=O)Cc2cccc(C(F)(F)F)c2)CC1)Nc1nncs1. The van der Waals surface area contributed by atoms with Crippen LogP contribution >= 0.6 is 11.3 Å². The van der Waals surface area contributed by atoms with Gasteiger partial charge in [0.2, 0.25) is 16.9 Å². The summed E-state index contributed by atoms with van der Waals surface area (Å²) in [5.41, 5.74) is 1.09. The first-order valence-electron chi connectivity index (χ1n) is 8.53. The van der Waals surface area contributed by atoms with Crippen LogP contribution in [0.25, 0.3) is 0 Å². The molecule has 1 aliphatic rings. The quantitative estimate of drug-likeness (QED) is 0.810. The van der Waals surface area contributed by atoms with Crippen molar-refractivity contribution in [1.82, 2.24) is 20.0 Å². The van der Waals surface area contributed by atoms with E-state index in [9.17, 15) is 22.8 Å². The van der Waals surface area contributed by atoms with Gasteiger partial charge in [0.1, 0.15) is 5.51 Å². The van der Waals surface area contributed by atoms with Crippen LogP contribution in [0.15, 0.2) is 29.8 Å². The van der Waals surface area contributed by atoms with E-state index < -0.39 is 11.7 Å². The van der Waals surface area contributed by atoms with Crippen LogP contribution < -0.4 is 5.32 Å². The molecule has 2 aromatic rings. The third-order valence-corrected chi connectivity index (χ3v) is 4.91. The summed E-state index contributed by atoms with van der Waals surface area (Å²) in [6.45, 7) is 2.04. The van der Waals surface area contributed by atoms with Gasteiger partial charge in [0.05, 0.1) is 18.5 Å². The molecule has 150 valence electrons. The lowest BCUT2D eigenvalue weighted by Gasteiger charge is -2.34. The standard InChI is InChI=1S/C17H18F3N5O2S/c18-17(19,20)13-3-1-2-12(8-13)9-15(27)25-6-4-24(5-7-25)10-14(26)22-16-23-21-11-28-16/h1-3,8,11H,4-7,9-10H2,(H,22,23,26). The van der Waals surface area contributed by atoms with Gasteiger partial charge in [0.15, 0.2) is 0 Å². The van der Waals surface area contributed by atoms with Crippen LogP contribution in [0, 0.1) is 0 Å². The first-order chi connectivity index (χ1) is 13.3. The zero-order chi connectivity index (χ0) is 20.1. The third kappa shape index (κ3) is 5.49. The molecule has 2 amide bonds. The summed E-state index contributed by atoms with van der Waals surface area (Å²) in [5.74, 6) is -0.433. The number of hydrogen-bond donors (Lipinski definition) is 1. The second-order valence-electron chi connectivity index (χ2n) is 6.32. The van der Waals surface area contributed by atoms with Crippen molar-refractivity contribution in [3.8, 4) is 0 Å². The van der Waals surface area contributed by atoms with Crippen LogP contribution in [0.5, 0.6) is 0 Å². The summed E-state index contributed by atoms with van der Waals surface area (Å²) >= 11 is 1.22. The normalized spacial score (nSPS) is 15.5. The summed E-state index contributed by atoms with van der Waals surface area (Å²) in [6, 6.07) is 4.81. The molecule has 0 radical (unpaired) electrons. The lowest BCUT2D eigenvalue weighted by atomic mass is 10.1. The third-order valence-electron chi connectivity index (χ3n) is 4.31. The van der Waals surface area contributed by atoms with Gasteiger partial charge in [-0.15, -0.1) is 10.2 Å². The fourth-order valence-corrected chi connectivity index (χ4v) is 3.35. The first-order valence-corrected chi connectivity index (χ1v) is 9.41. The topological polar surface area (TPSA) is 78.4 Å². The number of aromatic nitrogens is 2. The number of piperazine rings is 1. The van der Waals surface area contributed by atoms with Gasteiger partial charge in [-0.25, -0.2) is 0 Å². The van der Waals surface area contributed by atoms with E-state index in [0.29, 0.717) is 36.9 Å². The minimum absolute atomic E-state index is 0.0819. The highest BCUT2D eigenvalue weighted by Gasteiger charge is 2.30. The minimum Gasteiger partial charge on any atom is -0.340 e. The Morgan fingerprint density at radius 1 is 1.18 bits per heavy atom. The average molecular weight is 413 g/mol. The van der Waals surface area contributed by atoms with E-state index in [0.717, 1.165) is 12.1 Å². The number of amides is 2. The zero-order valence-corrected chi connectivity index (χ0v) is 15.6. The fraction of sp³-hybridized carbons (Fsp3) is 0.412. The van der Waals surface area contributed by atoms with Gasteiger partial charge >= 0.3 is 6.18 Å². The van der Waals surface area contributed by atoms with Crippen molar-refractivity contribution in [2.45, 2.75) is 12.6 Å². The van der Waals surface area contributed by atoms with Crippen molar-refractivity contribution in [2.75, 3.05) is 38.0 Å². The maximum Gasteiger partial charge on any atom is 0.416 e. The second kappa shape index (κ2) is 8.65. The Morgan fingerprint density at radius 3 is 2.57 bits per heavy atom. The number of hydrogen-bond acceptors (Lipinski definition) is 6. The second-order valence-corrected chi connectivity index (χ2v) is 7.16. The summed E-state index contributed by atoms with van der Waals surface area (Å²) in [6.07, 6.45) is -4.51. The van der Waals surface area contributed by atoms with Crippen LogP contribution in [0.1, 0.15) is 11.1 Å². The molecule has 0 saturated carbocycles. The Kier molecular flexibility index (Phi) is 6.25. The lowest BCUT2D eigenvalue weighted by Crippen LogP contribution is -2.50. The van der Waals surface area contributed by atoms with Gasteiger partial charge in [0, 0.05) is 26.2 Å². The van der Waals surface area contributed by atoms with Crippen LogP contribution in [0.2, 0.25) is 0 Å². The number of carbonyl (C=O) groups excluding carboxylic acids is 2. The molecule has 28 heavy (non-hydrogen) atoms. The number of anilines is 1. The largest absolute Gasteiger partial charge is 0.416 e. The fourth-order valence-electron chi connectivity index (χ4n) is 2.89. The van der Waals surface area contributed by atoms with Gasteiger partial charge in [0.25, 0.3) is 0 Å². The van der Waals surface area contributed by atoms with Gasteiger partial charge in [-0.05, 0) is 11.6 Å². The van der Waals surface area contributed by atoms with Gasteiger partial charge < -0.3 is 4.90 Å². The number of nitrogens with zero attached hydrogens (tertiary/aromatic N) is 4. The number of carbonyl (C=O) groups is 2. The molecule has 0 atom stereocenters. The number of alkyl halides is 3. The summed E-state index contributed by atoms with van der Waals surface area (Å²) in [4.78, 5) is 27.9. The Bertz CT molecular complexity index is 820. The highest BCUT2D eigenvalue weighted by Crippen LogP contribution is 2.29. The molecule has 0 aliphatic carbocycles. The minimum atomic E-state index is -4.43. The molecule has 0 bridgehead atoms. The zero-order valence-electron chi connectivity index (χ0n) is 14.8. The Hall–Kier alpha value is -2.53. The monoisotopic (exact) mass is 413 g/mol. The van der Waals surface area contributed by atoms with Crippen LogP contribution in [-0.4, -0.2) is 64.5 Å². The molecule has 1 aliphatic heterocycles. The summed E-state index contributed by atoms with van der Waals surface area (Å²) < 4.78 is 38.4. The first kappa shape index (κ1) is 20.2. The van der Waals surface area contributed by atoms with Gasteiger partial charge in [-0.2, -0.15) is 13.2 Å². The number of benzene rings is 1. The Morgan fingerprint density at radius 2 is 1.93 bits per heavy atom. The van der Waals surface area contributed by atoms with E-state index >= 15 is 0 Å². The molecule has 3 rings (SSSR count). The lowest BCUT2D eigenvalue weighted by molar-refractivity contribution is -0.138. The van der Waals surface area contributed by atoms with E-state index in [1.807, 2.05) is 4.90 Å². The summed E-state index contributed by atoms with van der Waals surface area (Å²) in [5, 5.41) is 10.5. The van der Waals surface area contributed by atoms with Crippen molar-refractivity contribution in [3.63, 3.8) is 0 Å². The Labute approximate surface area is 163 Å². The molecule has 1 saturated heterocycles. The summed E-state index contributed by atoms with van der Waals surface area (Å²) in [7, 11) is 0. The molecule has 0 spiro atoms. The van der Waals surface area contributed by atoms with E-state index in [-0.39, 0.29) is 24.8 Å². The van der Waals surface area contributed by atoms with Crippen molar-refractivity contribution in [3.05, 3.63) is 40.9 Å². The van der Waals surface area contributed by atoms with Crippen molar-refractivity contribution >= 4 is 28.3 Å². The predicted octanol–water partition coefficient (Wildman–Crippen LogP) is 1.88. The molecular weight excluding hydrogens is 395 g/mol. The smallest absolute Gasteiger partial charge is 0.340 e. The molecule has 1 aromatic heterocycles. The van der Waals surface area contributed by atoms with E-state index in [2.05, 4.69) is 15.5 Å². The van der Waals surface area contributed by atoms with E-state index in [1.165, 1.54) is 29.0 Å². The number of nitrogens with one attached hydrogen (secondary N) is 1. The maximum atomic E-state index is 12.8. The Balaban J connectivity index is 1.47. The molecule has 1 N–H and O–H groups in total. The molecule has 7 nitrogen and oxygen atoms in total. The van der Waals surface area contributed by atoms with E-state index in [1.54, 1.807) is 4.90 Å². The van der Waals surface area contributed by atoms with Gasteiger partial charge in [-0.1, -0.05) is 29.5 Å². The average Bonchev–Trinajstić information content (AvgIpc) is 3.14. The van der Waals surface area contributed by atoms with Crippen LogP contribution in [-0.2, 0) is 22.2 Å². The molecular formula is C17H18F3N5O2S. The van der Waals surface area contributed by atoms with Crippen LogP contribution in [0.4, 0.5) is 18.3 Å². The number of halogens is 3. The van der Waals surface area contributed by atoms with Crippen molar-refractivity contribution in [1.29, 1.82) is 0 Å². The maximum absolute atomic E-state index is 12.8. The van der Waals surface area contributed by atoms with Gasteiger partial charge in [-0.3, -0.25) is 19.8 Å². The molecule has 1 aromatic carbocycles. The number of rotatable bonds is 5. The highest BCUT2D eigenvalue weighted by molar-refractivity contribution is 7.13. The van der Waals surface area contributed by atoms with Crippen LogP contribution in [0.3, 0.4) is 0 Å². The van der Waals surface area contributed by atoms with Crippen molar-refractivity contribution < 1.29 is 22.8 Å². The van der Waals surface area contributed by atoms with Crippen molar-refractivity contribution in [2.24, 2.45) is 0 Å². The molecule has 0 unspecified atom stereocenters. The molecule has 2 heterocycles. The molecule has 1 fully saturated rings. The van der Waals surface area contributed by atoms with E-state index in [4.69, 9.17) is 0 Å².